The first kappa shape index (κ1) is 19.9. The molecular formula is C22H25N5O3. The number of carbonyl (C=O) groups is 1. The fourth-order valence-corrected chi connectivity index (χ4v) is 3.69. The number of likely N-dealkylation sites (tertiary alicyclic amines) is 1. The average Bonchev–Trinajstić information content (AvgIpc) is 3.23. The molecule has 4 rings (SSSR count). The SMILES string of the molecule is COc1ccccc1-c1cc(C(=O)N2CCC(Oc3cc(C)nc(C)n3)CC2)[nH]n1. The third-order valence-electron chi connectivity index (χ3n) is 5.15. The van der Waals surface area contributed by atoms with E-state index in [4.69, 9.17) is 9.47 Å². The van der Waals surface area contributed by atoms with E-state index in [0.29, 0.717) is 36.2 Å². The Morgan fingerprint density at radius 2 is 1.90 bits per heavy atom. The van der Waals surface area contributed by atoms with Crippen molar-refractivity contribution in [3.8, 4) is 22.9 Å². The molecule has 0 radical (unpaired) electrons. The summed E-state index contributed by atoms with van der Waals surface area (Å²) in [4.78, 5) is 23.4. The molecule has 8 heteroatoms. The molecule has 3 aromatic rings. The van der Waals surface area contributed by atoms with Crippen LogP contribution >= 0.6 is 0 Å². The molecule has 2 aromatic heterocycles. The normalized spacial score (nSPS) is 14.6. The zero-order valence-corrected chi connectivity index (χ0v) is 17.4. The van der Waals surface area contributed by atoms with Crippen LogP contribution in [-0.4, -0.2) is 57.3 Å². The van der Waals surface area contributed by atoms with Crippen LogP contribution in [0.5, 0.6) is 11.6 Å². The van der Waals surface area contributed by atoms with Gasteiger partial charge in [0.1, 0.15) is 23.4 Å². The summed E-state index contributed by atoms with van der Waals surface area (Å²) >= 11 is 0. The van der Waals surface area contributed by atoms with Crippen LogP contribution in [0, 0.1) is 13.8 Å². The van der Waals surface area contributed by atoms with Crippen molar-refractivity contribution in [3.05, 3.63) is 53.6 Å². The third-order valence-corrected chi connectivity index (χ3v) is 5.15. The first-order valence-corrected chi connectivity index (χ1v) is 10.0. The second kappa shape index (κ2) is 8.52. The predicted octanol–water partition coefficient (Wildman–Crippen LogP) is 3.18. The summed E-state index contributed by atoms with van der Waals surface area (Å²) in [6.45, 7) is 5.02. The minimum absolute atomic E-state index is 0.0358. The van der Waals surface area contributed by atoms with Gasteiger partial charge in [-0.1, -0.05) is 12.1 Å². The molecule has 0 saturated carbocycles. The van der Waals surface area contributed by atoms with E-state index in [-0.39, 0.29) is 12.0 Å². The van der Waals surface area contributed by atoms with Crippen LogP contribution in [0.25, 0.3) is 11.3 Å². The summed E-state index contributed by atoms with van der Waals surface area (Å²) in [5.74, 6) is 1.95. The number of amides is 1. The molecule has 0 unspecified atom stereocenters. The minimum atomic E-state index is -0.0594. The molecule has 0 atom stereocenters. The molecule has 156 valence electrons. The van der Waals surface area contributed by atoms with Crippen LogP contribution in [-0.2, 0) is 0 Å². The largest absolute Gasteiger partial charge is 0.496 e. The number of benzene rings is 1. The van der Waals surface area contributed by atoms with Gasteiger partial charge in [0.25, 0.3) is 5.91 Å². The smallest absolute Gasteiger partial charge is 0.271 e. The number of aromatic amines is 1. The van der Waals surface area contributed by atoms with Crippen LogP contribution in [0.3, 0.4) is 0 Å². The van der Waals surface area contributed by atoms with Gasteiger partial charge in [-0.2, -0.15) is 10.1 Å². The third kappa shape index (κ3) is 4.27. The highest BCUT2D eigenvalue weighted by Gasteiger charge is 2.26. The van der Waals surface area contributed by atoms with Crippen molar-refractivity contribution in [2.75, 3.05) is 20.2 Å². The molecule has 1 amide bonds. The van der Waals surface area contributed by atoms with E-state index < -0.39 is 0 Å². The lowest BCUT2D eigenvalue weighted by Gasteiger charge is -2.31. The summed E-state index contributed by atoms with van der Waals surface area (Å²) in [6.07, 6.45) is 1.54. The van der Waals surface area contributed by atoms with Gasteiger partial charge < -0.3 is 14.4 Å². The number of hydrogen-bond donors (Lipinski definition) is 1. The molecule has 0 spiro atoms. The number of rotatable bonds is 5. The number of methoxy groups -OCH3 is 1. The number of carbonyl (C=O) groups excluding carboxylic acids is 1. The molecule has 1 fully saturated rings. The molecular weight excluding hydrogens is 382 g/mol. The number of aryl methyl sites for hydroxylation is 2. The van der Waals surface area contributed by atoms with Crippen molar-refractivity contribution in [2.45, 2.75) is 32.8 Å². The van der Waals surface area contributed by atoms with E-state index in [0.717, 1.165) is 29.8 Å². The zero-order chi connectivity index (χ0) is 21.1. The Morgan fingerprint density at radius 3 is 2.63 bits per heavy atom. The van der Waals surface area contributed by atoms with Gasteiger partial charge in [-0.25, -0.2) is 4.98 Å². The molecule has 3 heterocycles. The summed E-state index contributed by atoms with van der Waals surface area (Å²) in [7, 11) is 1.62. The fourth-order valence-electron chi connectivity index (χ4n) is 3.69. The van der Waals surface area contributed by atoms with Crippen LogP contribution < -0.4 is 9.47 Å². The van der Waals surface area contributed by atoms with Gasteiger partial charge >= 0.3 is 0 Å². The average molecular weight is 407 g/mol. The lowest BCUT2D eigenvalue weighted by Crippen LogP contribution is -2.42. The van der Waals surface area contributed by atoms with E-state index in [2.05, 4.69) is 20.2 Å². The molecule has 30 heavy (non-hydrogen) atoms. The Hall–Kier alpha value is -3.42. The summed E-state index contributed by atoms with van der Waals surface area (Å²) in [5.41, 5.74) is 2.88. The number of nitrogens with one attached hydrogen (secondary N) is 1. The Morgan fingerprint density at radius 1 is 1.13 bits per heavy atom. The Bertz CT molecular complexity index is 1020. The molecule has 0 bridgehead atoms. The number of H-pyrrole nitrogens is 1. The van der Waals surface area contributed by atoms with Gasteiger partial charge in [-0.15, -0.1) is 0 Å². The lowest BCUT2D eigenvalue weighted by molar-refractivity contribution is 0.0582. The number of hydrogen-bond acceptors (Lipinski definition) is 6. The maximum absolute atomic E-state index is 12.9. The minimum Gasteiger partial charge on any atom is -0.496 e. The van der Waals surface area contributed by atoms with Crippen LogP contribution in [0.4, 0.5) is 0 Å². The maximum atomic E-state index is 12.9. The van der Waals surface area contributed by atoms with Crippen LogP contribution in [0.1, 0.15) is 34.8 Å². The van der Waals surface area contributed by atoms with Crippen LogP contribution in [0.2, 0.25) is 0 Å². The van der Waals surface area contributed by atoms with E-state index in [1.807, 2.05) is 49.1 Å². The number of para-hydroxylation sites is 1. The highest BCUT2D eigenvalue weighted by molar-refractivity contribution is 5.93. The first-order valence-electron chi connectivity index (χ1n) is 10.0. The van der Waals surface area contributed by atoms with Crippen molar-refractivity contribution in [1.82, 2.24) is 25.1 Å². The quantitative estimate of drug-likeness (QED) is 0.698. The van der Waals surface area contributed by atoms with Crippen LogP contribution in [0.15, 0.2) is 36.4 Å². The van der Waals surface area contributed by atoms with Gasteiger partial charge in [0.05, 0.1) is 12.8 Å². The molecule has 1 aromatic carbocycles. The number of aromatic nitrogens is 4. The highest BCUT2D eigenvalue weighted by atomic mass is 16.5. The predicted molar refractivity (Wildman–Crippen MR) is 112 cm³/mol. The highest BCUT2D eigenvalue weighted by Crippen LogP contribution is 2.28. The topological polar surface area (TPSA) is 93.2 Å². The second-order valence-corrected chi connectivity index (χ2v) is 7.37. The summed E-state index contributed by atoms with van der Waals surface area (Å²) < 4.78 is 11.4. The molecule has 1 saturated heterocycles. The monoisotopic (exact) mass is 407 g/mol. The number of ether oxygens (including phenoxy) is 2. The van der Waals surface area contributed by atoms with E-state index in [9.17, 15) is 4.79 Å². The number of nitrogens with zero attached hydrogens (tertiary/aromatic N) is 4. The van der Waals surface area contributed by atoms with Gasteiger partial charge in [0, 0.05) is 43.3 Å². The van der Waals surface area contributed by atoms with Gasteiger partial charge in [0.15, 0.2) is 0 Å². The molecule has 1 aliphatic rings. The van der Waals surface area contributed by atoms with Crippen molar-refractivity contribution in [2.24, 2.45) is 0 Å². The fraction of sp³-hybridized carbons (Fsp3) is 0.364. The molecule has 1 aliphatic heterocycles. The second-order valence-electron chi connectivity index (χ2n) is 7.37. The van der Waals surface area contributed by atoms with Crippen molar-refractivity contribution in [1.29, 1.82) is 0 Å². The lowest BCUT2D eigenvalue weighted by atomic mass is 10.1. The van der Waals surface area contributed by atoms with E-state index in [1.54, 1.807) is 13.2 Å². The molecule has 0 aliphatic carbocycles. The van der Waals surface area contributed by atoms with Gasteiger partial charge in [-0.3, -0.25) is 9.89 Å². The number of piperidine rings is 1. The van der Waals surface area contributed by atoms with Gasteiger partial charge in [-0.05, 0) is 32.0 Å². The Kier molecular flexibility index (Phi) is 5.65. The van der Waals surface area contributed by atoms with Crippen molar-refractivity contribution in [3.63, 3.8) is 0 Å². The van der Waals surface area contributed by atoms with E-state index >= 15 is 0 Å². The maximum Gasteiger partial charge on any atom is 0.271 e. The zero-order valence-electron chi connectivity index (χ0n) is 17.4. The Balaban J connectivity index is 1.38. The van der Waals surface area contributed by atoms with Crippen molar-refractivity contribution < 1.29 is 14.3 Å². The Labute approximate surface area is 175 Å². The standard InChI is InChI=1S/C22H25N5O3/c1-14-12-21(24-15(2)23-14)30-16-8-10-27(11-9-16)22(28)19-13-18(25-26-19)17-6-4-5-7-20(17)29-3/h4-7,12-13,16H,8-11H2,1-3H3,(H,25,26). The van der Waals surface area contributed by atoms with Crippen molar-refractivity contribution >= 4 is 5.91 Å². The summed E-state index contributed by atoms with van der Waals surface area (Å²) in [6, 6.07) is 11.2. The summed E-state index contributed by atoms with van der Waals surface area (Å²) in [5, 5.41) is 7.18. The molecule has 1 N–H and O–H groups in total. The van der Waals surface area contributed by atoms with Gasteiger partial charge in [0.2, 0.25) is 5.88 Å². The first-order chi connectivity index (χ1) is 14.5. The van der Waals surface area contributed by atoms with E-state index in [1.165, 1.54) is 0 Å². The molecule has 8 nitrogen and oxygen atoms in total.